The topological polar surface area (TPSA) is 46.3 Å². The van der Waals surface area contributed by atoms with Crippen molar-refractivity contribution in [1.82, 2.24) is 4.90 Å². The molecule has 2 aromatic rings. The molecule has 0 spiro atoms. The predicted octanol–water partition coefficient (Wildman–Crippen LogP) is 3.33. The minimum absolute atomic E-state index is 0.00345. The van der Waals surface area contributed by atoms with Gasteiger partial charge in [0.1, 0.15) is 5.82 Å². The molecule has 0 aliphatic rings. The number of hydrogen-bond acceptors (Lipinski definition) is 2. The predicted molar refractivity (Wildman–Crippen MR) is 78.1 cm³/mol. The first-order valence-corrected chi connectivity index (χ1v) is 6.40. The fraction of sp³-hybridized carbons (Fsp3) is 0.133. The molecule has 5 heteroatoms. The number of carbonyl (C=O) groups is 1. The van der Waals surface area contributed by atoms with E-state index in [1.165, 1.54) is 17.0 Å². The van der Waals surface area contributed by atoms with Crippen LogP contribution in [-0.4, -0.2) is 17.9 Å². The Kier molecular flexibility index (Phi) is 4.25. The fourth-order valence-corrected chi connectivity index (χ4v) is 2.10. The fourth-order valence-electron chi connectivity index (χ4n) is 1.89. The largest absolute Gasteiger partial charge is 0.399 e. The molecule has 0 saturated carbocycles. The van der Waals surface area contributed by atoms with Crippen LogP contribution >= 0.6 is 11.6 Å². The van der Waals surface area contributed by atoms with E-state index in [0.29, 0.717) is 11.6 Å². The second kappa shape index (κ2) is 5.92. The second-order valence-electron chi connectivity index (χ2n) is 4.53. The lowest BCUT2D eigenvalue weighted by atomic mass is 10.1. The van der Waals surface area contributed by atoms with Gasteiger partial charge in [-0.15, -0.1) is 0 Å². The molecule has 0 saturated heterocycles. The molecule has 0 unspecified atom stereocenters. The molecule has 3 nitrogen and oxygen atoms in total. The van der Waals surface area contributed by atoms with Gasteiger partial charge >= 0.3 is 0 Å². The first kappa shape index (κ1) is 14.3. The lowest BCUT2D eigenvalue weighted by molar-refractivity contribution is 0.0780. The van der Waals surface area contributed by atoms with Crippen LogP contribution in [0.4, 0.5) is 10.1 Å². The van der Waals surface area contributed by atoms with Gasteiger partial charge in [-0.1, -0.05) is 23.7 Å². The van der Waals surface area contributed by atoms with Gasteiger partial charge in [0.15, 0.2) is 0 Å². The number of amides is 1. The molecule has 0 fully saturated rings. The maximum absolute atomic E-state index is 13.7. The summed E-state index contributed by atoms with van der Waals surface area (Å²) in [6.07, 6.45) is 0. The summed E-state index contributed by atoms with van der Waals surface area (Å²) in [6.45, 7) is 0.350. The maximum Gasteiger partial charge on any atom is 0.256 e. The summed E-state index contributed by atoms with van der Waals surface area (Å²) < 4.78 is 13.7. The normalized spacial score (nSPS) is 10.3. The number of halogens is 2. The molecule has 2 rings (SSSR count). The standard InChI is InChI=1S/C15H14ClFN2O/c1-19(9-10-3-2-4-11(16)7-10)15(20)13-6-5-12(18)8-14(13)17/h2-8H,9,18H2,1H3. The molecular weight excluding hydrogens is 279 g/mol. The number of carbonyl (C=O) groups excluding carboxylic acids is 1. The molecule has 0 heterocycles. The summed E-state index contributed by atoms with van der Waals surface area (Å²) in [5, 5.41) is 0.599. The molecule has 20 heavy (non-hydrogen) atoms. The Morgan fingerprint density at radius 1 is 1.30 bits per heavy atom. The van der Waals surface area contributed by atoms with E-state index >= 15 is 0 Å². The number of nitrogens with zero attached hydrogens (tertiary/aromatic N) is 1. The van der Waals surface area contributed by atoms with E-state index in [1.807, 2.05) is 6.07 Å². The monoisotopic (exact) mass is 292 g/mol. The minimum atomic E-state index is -0.618. The minimum Gasteiger partial charge on any atom is -0.399 e. The Hall–Kier alpha value is -2.07. The number of anilines is 1. The highest BCUT2D eigenvalue weighted by molar-refractivity contribution is 6.30. The van der Waals surface area contributed by atoms with Crippen LogP contribution in [0.2, 0.25) is 5.02 Å². The second-order valence-corrected chi connectivity index (χ2v) is 4.97. The molecule has 0 aromatic heterocycles. The highest BCUT2D eigenvalue weighted by Gasteiger charge is 2.16. The van der Waals surface area contributed by atoms with Gasteiger partial charge in [-0.05, 0) is 35.9 Å². The molecule has 104 valence electrons. The molecule has 0 bridgehead atoms. The van der Waals surface area contributed by atoms with E-state index in [0.717, 1.165) is 11.6 Å². The Bertz CT molecular complexity index is 646. The first-order valence-electron chi connectivity index (χ1n) is 6.02. The summed E-state index contributed by atoms with van der Waals surface area (Å²) >= 11 is 5.89. The van der Waals surface area contributed by atoms with E-state index in [1.54, 1.807) is 25.2 Å². The van der Waals surface area contributed by atoms with Crippen molar-refractivity contribution in [3.63, 3.8) is 0 Å². The van der Waals surface area contributed by atoms with Crippen LogP contribution in [0.5, 0.6) is 0 Å². The van der Waals surface area contributed by atoms with Crippen LogP contribution in [0.25, 0.3) is 0 Å². The number of nitrogens with two attached hydrogens (primary N) is 1. The van der Waals surface area contributed by atoms with Crippen LogP contribution in [0.3, 0.4) is 0 Å². The molecule has 2 aromatic carbocycles. The van der Waals surface area contributed by atoms with Crippen molar-refractivity contribution in [3.05, 3.63) is 64.4 Å². The van der Waals surface area contributed by atoms with Crippen LogP contribution in [0.15, 0.2) is 42.5 Å². The van der Waals surface area contributed by atoms with Gasteiger partial charge in [0.05, 0.1) is 5.56 Å². The lowest BCUT2D eigenvalue weighted by Crippen LogP contribution is -2.27. The molecule has 0 aliphatic heterocycles. The van der Waals surface area contributed by atoms with Crippen LogP contribution in [0.1, 0.15) is 15.9 Å². The van der Waals surface area contributed by atoms with Gasteiger partial charge in [-0.2, -0.15) is 0 Å². The zero-order chi connectivity index (χ0) is 14.7. The van der Waals surface area contributed by atoms with Gasteiger partial charge in [-0.3, -0.25) is 4.79 Å². The quantitative estimate of drug-likeness (QED) is 0.882. The SMILES string of the molecule is CN(Cc1cccc(Cl)c1)C(=O)c1ccc(N)cc1F. The van der Waals surface area contributed by atoms with Crippen molar-refractivity contribution in [1.29, 1.82) is 0 Å². The van der Waals surface area contributed by atoms with Crippen LogP contribution < -0.4 is 5.73 Å². The summed E-state index contributed by atoms with van der Waals surface area (Å²) in [4.78, 5) is 13.6. The average molecular weight is 293 g/mol. The Morgan fingerprint density at radius 3 is 2.70 bits per heavy atom. The molecular formula is C15H14ClFN2O. The molecule has 2 N–H and O–H groups in total. The first-order chi connectivity index (χ1) is 9.47. The number of benzene rings is 2. The average Bonchev–Trinajstić information content (AvgIpc) is 2.38. The van der Waals surface area contributed by atoms with E-state index in [2.05, 4.69) is 0 Å². The van der Waals surface area contributed by atoms with Gasteiger partial charge in [-0.25, -0.2) is 4.39 Å². The van der Waals surface area contributed by atoms with Crippen molar-refractivity contribution in [3.8, 4) is 0 Å². The zero-order valence-corrected chi connectivity index (χ0v) is 11.7. The highest BCUT2D eigenvalue weighted by Crippen LogP contribution is 2.16. The van der Waals surface area contributed by atoms with E-state index in [4.69, 9.17) is 17.3 Å². The zero-order valence-electron chi connectivity index (χ0n) is 10.9. The van der Waals surface area contributed by atoms with Crippen molar-refractivity contribution < 1.29 is 9.18 Å². The lowest BCUT2D eigenvalue weighted by Gasteiger charge is -2.18. The van der Waals surface area contributed by atoms with E-state index < -0.39 is 11.7 Å². The molecule has 1 amide bonds. The van der Waals surface area contributed by atoms with Crippen LogP contribution in [0, 0.1) is 5.82 Å². The molecule has 0 atom stereocenters. The maximum atomic E-state index is 13.7. The Morgan fingerprint density at radius 2 is 2.05 bits per heavy atom. The van der Waals surface area contributed by atoms with Crippen molar-refractivity contribution in [2.75, 3.05) is 12.8 Å². The number of nitrogen functional groups attached to an aromatic ring is 1. The Balaban J connectivity index is 2.16. The highest BCUT2D eigenvalue weighted by atomic mass is 35.5. The summed E-state index contributed by atoms with van der Waals surface area (Å²) in [5.41, 5.74) is 6.64. The third kappa shape index (κ3) is 3.27. The smallest absolute Gasteiger partial charge is 0.256 e. The van der Waals surface area contributed by atoms with E-state index in [-0.39, 0.29) is 11.3 Å². The number of rotatable bonds is 3. The molecule has 0 radical (unpaired) electrons. The van der Waals surface area contributed by atoms with Gasteiger partial charge in [0.25, 0.3) is 5.91 Å². The van der Waals surface area contributed by atoms with Crippen molar-refractivity contribution >= 4 is 23.2 Å². The van der Waals surface area contributed by atoms with E-state index in [9.17, 15) is 9.18 Å². The van der Waals surface area contributed by atoms with Gasteiger partial charge in [0.2, 0.25) is 0 Å². The summed E-state index contributed by atoms with van der Waals surface area (Å²) in [6, 6.07) is 11.2. The number of hydrogen-bond donors (Lipinski definition) is 1. The van der Waals surface area contributed by atoms with Crippen molar-refractivity contribution in [2.24, 2.45) is 0 Å². The third-order valence-electron chi connectivity index (χ3n) is 2.88. The third-order valence-corrected chi connectivity index (χ3v) is 3.11. The molecule has 0 aliphatic carbocycles. The van der Waals surface area contributed by atoms with Gasteiger partial charge in [0, 0.05) is 24.3 Å². The van der Waals surface area contributed by atoms with Crippen molar-refractivity contribution in [2.45, 2.75) is 6.54 Å². The van der Waals surface area contributed by atoms with Gasteiger partial charge < -0.3 is 10.6 Å². The summed E-state index contributed by atoms with van der Waals surface area (Å²) in [7, 11) is 1.61. The Labute approximate surface area is 121 Å². The summed E-state index contributed by atoms with van der Waals surface area (Å²) in [5.74, 6) is -1.02. The van der Waals surface area contributed by atoms with Crippen LogP contribution in [-0.2, 0) is 6.54 Å².